The van der Waals surface area contributed by atoms with E-state index in [1.807, 2.05) is 0 Å². The van der Waals surface area contributed by atoms with Gasteiger partial charge in [0.05, 0.1) is 11.3 Å². The fourth-order valence-corrected chi connectivity index (χ4v) is 1.10. The topological polar surface area (TPSA) is 29.1 Å². The lowest BCUT2D eigenvalue weighted by atomic mass is 10.1. The number of benzene rings is 1. The fourth-order valence-electron chi connectivity index (χ4n) is 1.10. The predicted molar refractivity (Wildman–Crippen MR) is 46.1 cm³/mol. The maximum absolute atomic E-state index is 13.0. The minimum atomic E-state index is -5.70. The zero-order valence-corrected chi connectivity index (χ0v) is 7.68. The molecule has 0 heterocycles. The van der Waals surface area contributed by atoms with Crippen LogP contribution in [0, 0.1) is 0 Å². The van der Waals surface area contributed by atoms with Crippen LogP contribution >= 0.6 is 0 Å². The highest BCUT2D eigenvalue weighted by molar-refractivity contribution is 5.73. The van der Waals surface area contributed by atoms with Gasteiger partial charge < -0.3 is 5.32 Å². The van der Waals surface area contributed by atoms with Gasteiger partial charge in [0.1, 0.15) is 0 Å². The van der Waals surface area contributed by atoms with Crippen molar-refractivity contribution in [2.75, 3.05) is 5.32 Å². The lowest BCUT2D eigenvalue weighted by Crippen LogP contribution is -2.34. The van der Waals surface area contributed by atoms with E-state index in [0.29, 0.717) is 6.07 Å². The molecule has 0 spiro atoms. The summed E-state index contributed by atoms with van der Waals surface area (Å²) in [5.74, 6) is -5.00. The first-order valence-corrected chi connectivity index (χ1v) is 4.05. The van der Waals surface area contributed by atoms with Crippen LogP contribution in [0.4, 0.5) is 27.6 Å². The number of amides is 1. The molecule has 0 bridgehead atoms. The number of carbonyl (C=O) groups excluding carboxylic acids is 1. The zero-order chi connectivity index (χ0) is 12.4. The summed E-state index contributed by atoms with van der Waals surface area (Å²) >= 11 is 0. The summed E-state index contributed by atoms with van der Waals surface area (Å²) < 4.78 is 62.2. The largest absolute Gasteiger partial charge is 0.458 e. The highest BCUT2D eigenvalue weighted by Gasteiger charge is 2.59. The van der Waals surface area contributed by atoms with E-state index in [9.17, 15) is 26.7 Å². The summed E-state index contributed by atoms with van der Waals surface area (Å²) in [6, 6.07) is 3.84. The summed E-state index contributed by atoms with van der Waals surface area (Å²) in [5.41, 5.74) is -1.85. The van der Waals surface area contributed by atoms with Gasteiger partial charge in [-0.2, -0.15) is 22.0 Å². The van der Waals surface area contributed by atoms with Gasteiger partial charge in [-0.05, 0) is 6.07 Å². The maximum Gasteiger partial charge on any atom is 0.458 e. The summed E-state index contributed by atoms with van der Waals surface area (Å²) in [7, 11) is 0. The quantitative estimate of drug-likeness (QED) is 0.637. The molecule has 0 fully saturated rings. The Hall–Kier alpha value is -1.66. The Balaban J connectivity index is 3.26. The van der Waals surface area contributed by atoms with Gasteiger partial charge in [-0.15, -0.1) is 0 Å². The first kappa shape index (κ1) is 12.4. The SMILES string of the molecule is O=CNc1ccccc1C(F)(F)C(F)(F)F. The van der Waals surface area contributed by atoms with E-state index in [4.69, 9.17) is 0 Å². The third kappa shape index (κ3) is 2.12. The van der Waals surface area contributed by atoms with E-state index in [-0.39, 0.29) is 6.41 Å². The van der Waals surface area contributed by atoms with Crippen LogP contribution in [0.25, 0.3) is 0 Å². The molecule has 0 aliphatic rings. The van der Waals surface area contributed by atoms with E-state index in [0.717, 1.165) is 12.1 Å². The van der Waals surface area contributed by atoms with Gasteiger partial charge in [-0.1, -0.05) is 18.2 Å². The zero-order valence-electron chi connectivity index (χ0n) is 7.68. The molecule has 7 heteroatoms. The Morgan fingerprint density at radius 1 is 1.06 bits per heavy atom. The number of hydrogen-bond acceptors (Lipinski definition) is 1. The number of hydrogen-bond donors (Lipinski definition) is 1. The Labute approximate surface area is 87.1 Å². The van der Waals surface area contributed by atoms with E-state index in [1.54, 1.807) is 5.32 Å². The van der Waals surface area contributed by atoms with E-state index in [2.05, 4.69) is 0 Å². The molecule has 0 atom stereocenters. The Kier molecular flexibility index (Phi) is 3.16. The minimum absolute atomic E-state index is 0.0330. The molecule has 0 aromatic heterocycles. The molecular weight excluding hydrogens is 233 g/mol. The lowest BCUT2D eigenvalue weighted by molar-refractivity contribution is -0.289. The van der Waals surface area contributed by atoms with Gasteiger partial charge in [0, 0.05) is 0 Å². The monoisotopic (exact) mass is 239 g/mol. The first-order chi connectivity index (χ1) is 7.30. The molecular formula is C9H6F5NO. The second-order valence-corrected chi connectivity index (χ2v) is 2.88. The van der Waals surface area contributed by atoms with Crippen molar-refractivity contribution in [3.63, 3.8) is 0 Å². The predicted octanol–water partition coefficient (Wildman–Crippen LogP) is 2.91. The average molecular weight is 239 g/mol. The molecule has 1 amide bonds. The third-order valence-electron chi connectivity index (χ3n) is 1.84. The van der Waals surface area contributed by atoms with Crippen LogP contribution in [-0.4, -0.2) is 12.6 Å². The van der Waals surface area contributed by atoms with Crippen LogP contribution in [0.3, 0.4) is 0 Å². The van der Waals surface area contributed by atoms with Gasteiger partial charge in [-0.3, -0.25) is 4.79 Å². The number of nitrogens with one attached hydrogen (secondary N) is 1. The van der Waals surface area contributed by atoms with Crippen LogP contribution in [0.1, 0.15) is 5.56 Å². The Morgan fingerprint density at radius 3 is 2.12 bits per heavy atom. The Morgan fingerprint density at radius 2 is 1.62 bits per heavy atom. The number of para-hydroxylation sites is 1. The number of anilines is 1. The second kappa shape index (κ2) is 4.07. The molecule has 1 rings (SSSR count). The number of rotatable bonds is 3. The Bertz CT molecular complexity index is 388. The maximum atomic E-state index is 13.0. The normalized spacial score (nSPS) is 12.3. The van der Waals surface area contributed by atoms with Gasteiger partial charge >= 0.3 is 12.1 Å². The standard InChI is InChI=1S/C9H6F5NO/c10-8(11,9(12,13)14)6-3-1-2-4-7(6)15-5-16/h1-5H,(H,15,16). The fraction of sp³-hybridized carbons (Fsp3) is 0.222. The van der Waals surface area contributed by atoms with Crippen LogP contribution in [0.15, 0.2) is 24.3 Å². The van der Waals surface area contributed by atoms with Crippen LogP contribution < -0.4 is 5.32 Å². The van der Waals surface area contributed by atoms with Crippen LogP contribution in [0.2, 0.25) is 0 Å². The number of alkyl halides is 5. The third-order valence-corrected chi connectivity index (χ3v) is 1.84. The summed E-state index contributed by atoms with van der Waals surface area (Å²) in [6.07, 6.45) is -5.67. The van der Waals surface area contributed by atoms with Crippen molar-refractivity contribution in [2.24, 2.45) is 0 Å². The van der Waals surface area contributed by atoms with Gasteiger partial charge in [0.15, 0.2) is 0 Å². The highest BCUT2D eigenvalue weighted by atomic mass is 19.4. The summed E-state index contributed by atoms with van der Waals surface area (Å²) in [6.45, 7) is 0. The average Bonchev–Trinajstić information content (AvgIpc) is 2.17. The molecule has 1 aromatic carbocycles. The summed E-state index contributed by atoms with van der Waals surface area (Å²) in [4.78, 5) is 10.1. The molecule has 0 saturated heterocycles. The molecule has 0 unspecified atom stereocenters. The molecule has 16 heavy (non-hydrogen) atoms. The molecule has 1 N–H and O–H groups in total. The van der Waals surface area contributed by atoms with Crippen molar-refractivity contribution < 1.29 is 26.7 Å². The highest BCUT2D eigenvalue weighted by Crippen LogP contribution is 2.46. The molecule has 0 saturated carbocycles. The molecule has 1 aromatic rings. The lowest BCUT2D eigenvalue weighted by Gasteiger charge is -2.21. The van der Waals surface area contributed by atoms with E-state index < -0.39 is 23.3 Å². The van der Waals surface area contributed by atoms with Crippen molar-refractivity contribution in [1.29, 1.82) is 0 Å². The molecule has 0 aliphatic carbocycles. The van der Waals surface area contributed by atoms with Crippen molar-refractivity contribution in [2.45, 2.75) is 12.1 Å². The molecule has 0 aliphatic heterocycles. The molecule has 2 nitrogen and oxygen atoms in total. The van der Waals surface area contributed by atoms with Crippen molar-refractivity contribution >= 4 is 12.1 Å². The van der Waals surface area contributed by atoms with Crippen molar-refractivity contribution in [3.8, 4) is 0 Å². The minimum Gasteiger partial charge on any atom is -0.328 e. The molecule has 0 radical (unpaired) electrons. The second-order valence-electron chi connectivity index (χ2n) is 2.88. The van der Waals surface area contributed by atoms with Crippen molar-refractivity contribution in [3.05, 3.63) is 29.8 Å². The van der Waals surface area contributed by atoms with E-state index in [1.165, 1.54) is 6.07 Å². The van der Waals surface area contributed by atoms with E-state index >= 15 is 0 Å². The van der Waals surface area contributed by atoms with Crippen LogP contribution in [-0.2, 0) is 10.7 Å². The van der Waals surface area contributed by atoms with Gasteiger partial charge in [0.25, 0.3) is 0 Å². The first-order valence-electron chi connectivity index (χ1n) is 4.05. The van der Waals surface area contributed by atoms with Crippen molar-refractivity contribution in [1.82, 2.24) is 0 Å². The number of carbonyl (C=O) groups is 1. The van der Waals surface area contributed by atoms with Gasteiger partial charge in [0.2, 0.25) is 6.41 Å². The summed E-state index contributed by atoms with van der Waals surface area (Å²) in [5, 5.41) is 1.79. The molecule has 88 valence electrons. The van der Waals surface area contributed by atoms with Gasteiger partial charge in [-0.25, -0.2) is 0 Å². The van der Waals surface area contributed by atoms with Crippen LogP contribution in [0.5, 0.6) is 0 Å². The number of halogens is 5. The smallest absolute Gasteiger partial charge is 0.328 e.